The summed E-state index contributed by atoms with van der Waals surface area (Å²) in [6.07, 6.45) is 0.531. The Hall–Kier alpha value is -2.69. The van der Waals surface area contributed by atoms with Gasteiger partial charge in [0, 0.05) is 17.3 Å². The third-order valence-corrected chi connectivity index (χ3v) is 3.75. The number of ether oxygens (including phenoxy) is 1. The molecule has 0 saturated carbocycles. The smallest absolute Gasteiger partial charge is 0.355 e. The molecule has 5 heteroatoms. The van der Waals surface area contributed by atoms with Gasteiger partial charge in [-0.3, -0.25) is 9.59 Å². The fourth-order valence-electron chi connectivity index (χ4n) is 2.12. The molecule has 0 aliphatic carbocycles. The van der Waals surface area contributed by atoms with Crippen molar-refractivity contribution in [3.63, 3.8) is 0 Å². The maximum atomic E-state index is 12.3. The first-order valence-corrected chi connectivity index (χ1v) is 7.31. The second-order valence-electron chi connectivity index (χ2n) is 5.57. The van der Waals surface area contributed by atoms with Gasteiger partial charge in [-0.15, -0.1) is 0 Å². The number of ketones is 2. The quantitative estimate of drug-likeness (QED) is 0.679. The second-order valence-corrected chi connectivity index (χ2v) is 5.57. The van der Waals surface area contributed by atoms with Crippen LogP contribution in [-0.4, -0.2) is 28.6 Å². The number of Topliss-reactive ketones (excluding diaryl/α,β-unsaturated/α-hetero) is 2. The minimum Gasteiger partial charge on any atom is -0.450 e. The van der Waals surface area contributed by atoms with E-state index in [1.54, 1.807) is 12.1 Å². The van der Waals surface area contributed by atoms with Crippen molar-refractivity contribution in [3.8, 4) is 0 Å². The zero-order valence-electron chi connectivity index (χ0n) is 13.6. The summed E-state index contributed by atoms with van der Waals surface area (Å²) >= 11 is 0. The largest absolute Gasteiger partial charge is 0.450 e. The highest BCUT2D eigenvalue weighted by Gasteiger charge is 2.21. The van der Waals surface area contributed by atoms with Crippen LogP contribution in [-0.2, 0) is 4.74 Å². The van der Waals surface area contributed by atoms with Gasteiger partial charge in [-0.2, -0.15) is 0 Å². The van der Waals surface area contributed by atoms with Crippen LogP contribution in [0.25, 0.3) is 0 Å². The number of hydrogen-bond acceptors (Lipinski definition) is 4. The number of aryl methyl sites for hydroxylation is 2. The van der Waals surface area contributed by atoms with Crippen LogP contribution >= 0.6 is 0 Å². The SMILES string of the molecule is CC(=O)c1c[nH]c(C(=O)O[C@H](C)C(=O)c2ccc(C)c(C)c2)c1. The molecular formula is C18H19NO4. The third-order valence-electron chi connectivity index (χ3n) is 3.75. The van der Waals surface area contributed by atoms with E-state index in [0.717, 1.165) is 11.1 Å². The van der Waals surface area contributed by atoms with E-state index in [1.807, 2.05) is 19.9 Å². The van der Waals surface area contributed by atoms with Gasteiger partial charge in [0.15, 0.2) is 11.9 Å². The fraction of sp³-hybridized carbons (Fsp3) is 0.278. The molecule has 1 aromatic carbocycles. The highest BCUT2D eigenvalue weighted by Crippen LogP contribution is 2.14. The summed E-state index contributed by atoms with van der Waals surface area (Å²) in [5.74, 6) is -1.08. The summed E-state index contributed by atoms with van der Waals surface area (Å²) in [4.78, 5) is 38.3. The lowest BCUT2D eigenvalue weighted by Gasteiger charge is -2.12. The lowest BCUT2D eigenvalue weighted by atomic mass is 10.0. The molecule has 0 radical (unpaired) electrons. The Morgan fingerprint density at radius 3 is 2.30 bits per heavy atom. The topological polar surface area (TPSA) is 76.2 Å². The number of hydrogen-bond donors (Lipinski definition) is 1. The predicted octanol–water partition coefficient (Wildman–Crippen LogP) is 3.26. The maximum Gasteiger partial charge on any atom is 0.355 e. The standard InChI is InChI=1S/C18H19NO4/c1-10-5-6-14(7-11(10)2)17(21)13(4)23-18(22)16-8-15(9-19-16)12(3)20/h5-9,13,19H,1-4H3/t13-/m1/s1. The Balaban J connectivity index is 2.09. The molecule has 120 valence electrons. The zero-order chi connectivity index (χ0) is 17.1. The van der Waals surface area contributed by atoms with E-state index in [-0.39, 0.29) is 17.3 Å². The van der Waals surface area contributed by atoms with Crippen molar-refractivity contribution in [3.05, 3.63) is 58.4 Å². The highest BCUT2D eigenvalue weighted by atomic mass is 16.5. The van der Waals surface area contributed by atoms with Gasteiger partial charge >= 0.3 is 5.97 Å². The minimum atomic E-state index is -0.909. The number of benzene rings is 1. The molecule has 1 atom stereocenters. The van der Waals surface area contributed by atoms with Gasteiger partial charge in [0.1, 0.15) is 5.69 Å². The summed E-state index contributed by atoms with van der Waals surface area (Å²) in [6.45, 7) is 6.82. The average Bonchev–Trinajstić information content (AvgIpc) is 2.99. The number of carbonyl (C=O) groups is 3. The molecule has 0 amide bonds. The number of aromatic amines is 1. The first-order chi connectivity index (χ1) is 10.8. The van der Waals surface area contributed by atoms with Crippen molar-refractivity contribution >= 4 is 17.5 Å². The van der Waals surface area contributed by atoms with Crippen LogP contribution in [0, 0.1) is 13.8 Å². The normalized spacial score (nSPS) is 11.8. The van der Waals surface area contributed by atoms with Crippen LogP contribution in [0.15, 0.2) is 30.5 Å². The van der Waals surface area contributed by atoms with Crippen LogP contribution in [0.1, 0.15) is 56.2 Å². The lowest BCUT2D eigenvalue weighted by Crippen LogP contribution is -2.24. The molecule has 0 bridgehead atoms. The molecule has 0 spiro atoms. The van der Waals surface area contributed by atoms with Crippen LogP contribution < -0.4 is 0 Å². The summed E-state index contributed by atoms with van der Waals surface area (Å²) in [5.41, 5.74) is 3.14. The summed E-state index contributed by atoms with van der Waals surface area (Å²) in [6, 6.07) is 6.78. The Bertz CT molecular complexity index is 773. The molecule has 1 heterocycles. The van der Waals surface area contributed by atoms with E-state index in [1.165, 1.54) is 26.1 Å². The molecule has 2 rings (SSSR count). The molecule has 1 aromatic heterocycles. The Labute approximate surface area is 134 Å². The van der Waals surface area contributed by atoms with Crippen molar-refractivity contribution in [2.24, 2.45) is 0 Å². The Morgan fingerprint density at radius 2 is 1.74 bits per heavy atom. The average molecular weight is 313 g/mol. The number of H-pyrrole nitrogens is 1. The molecule has 5 nitrogen and oxygen atoms in total. The van der Waals surface area contributed by atoms with E-state index >= 15 is 0 Å². The minimum absolute atomic E-state index is 0.148. The van der Waals surface area contributed by atoms with Gasteiger partial charge in [-0.1, -0.05) is 12.1 Å². The summed E-state index contributed by atoms with van der Waals surface area (Å²) in [5, 5.41) is 0. The van der Waals surface area contributed by atoms with Crippen LogP contribution in [0.4, 0.5) is 0 Å². The number of carbonyl (C=O) groups excluding carboxylic acids is 3. The molecule has 0 unspecified atom stereocenters. The van der Waals surface area contributed by atoms with E-state index in [2.05, 4.69) is 4.98 Å². The van der Waals surface area contributed by atoms with Gasteiger partial charge < -0.3 is 9.72 Å². The Kier molecular flexibility index (Phi) is 4.79. The van der Waals surface area contributed by atoms with E-state index < -0.39 is 12.1 Å². The fourth-order valence-corrected chi connectivity index (χ4v) is 2.12. The van der Waals surface area contributed by atoms with E-state index in [0.29, 0.717) is 11.1 Å². The van der Waals surface area contributed by atoms with E-state index in [4.69, 9.17) is 4.74 Å². The molecule has 0 aliphatic rings. The van der Waals surface area contributed by atoms with E-state index in [9.17, 15) is 14.4 Å². The van der Waals surface area contributed by atoms with Crippen molar-refractivity contribution in [1.29, 1.82) is 0 Å². The van der Waals surface area contributed by atoms with Crippen molar-refractivity contribution in [1.82, 2.24) is 4.98 Å². The first kappa shape index (κ1) is 16.7. The van der Waals surface area contributed by atoms with Crippen LogP contribution in [0.5, 0.6) is 0 Å². The summed E-state index contributed by atoms with van der Waals surface area (Å²) in [7, 11) is 0. The molecule has 1 N–H and O–H groups in total. The lowest BCUT2D eigenvalue weighted by molar-refractivity contribution is 0.0314. The van der Waals surface area contributed by atoms with Crippen molar-refractivity contribution in [2.45, 2.75) is 33.8 Å². The first-order valence-electron chi connectivity index (χ1n) is 7.31. The van der Waals surface area contributed by atoms with Gasteiger partial charge in [0.25, 0.3) is 0 Å². The number of esters is 1. The van der Waals surface area contributed by atoms with Gasteiger partial charge in [-0.25, -0.2) is 4.79 Å². The van der Waals surface area contributed by atoms with Gasteiger partial charge in [-0.05, 0) is 51.0 Å². The summed E-state index contributed by atoms with van der Waals surface area (Å²) < 4.78 is 5.18. The second kappa shape index (κ2) is 6.60. The number of nitrogens with one attached hydrogen (secondary N) is 1. The molecule has 2 aromatic rings. The van der Waals surface area contributed by atoms with Gasteiger partial charge in [0.2, 0.25) is 5.78 Å². The highest BCUT2D eigenvalue weighted by molar-refractivity contribution is 6.02. The van der Waals surface area contributed by atoms with Gasteiger partial charge in [0.05, 0.1) is 0 Å². The third kappa shape index (κ3) is 3.74. The molecule has 0 aliphatic heterocycles. The monoisotopic (exact) mass is 313 g/mol. The molecule has 0 fully saturated rings. The predicted molar refractivity (Wildman–Crippen MR) is 85.9 cm³/mol. The molecule has 0 saturated heterocycles. The van der Waals surface area contributed by atoms with Crippen molar-refractivity contribution < 1.29 is 19.1 Å². The Morgan fingerprint density at radius 1 is 1.04 bits per heavy atom. The van der Waals surface area contributed by atoms with Crippen LogP contribution in [0.2, 0.25) is 0 Å². The zero-order valence-corrected chi connectivity index (χ0v) is 13.6. The van der Waals surface area contributed by atoms with Crippen molar-refractivity contribution in [2.75, 3.05) is 0 Å². The molecule has 23 heavy (non-hydrogen) atoms. The van der Waals surface area contributed by atoms with Crippen LogP contribution in [0.3, 0.4) is 0 Å². The maximum absolute atomic E-state index is 12.3. The number of aromatic nitrogens is 1. The number of rotatable bonds is 5. The molecular weight excluding hydrogens is 294 g/mol.